The molecule has 7 aliphatic rings. The molecule has 0 aromatic rings. The fraction of sp³-hybridized carbons (Fsp3) is 0.867. The Morgan fingerprint density at radius 1 is 1.09 bits per heavy atom. The van der Waals surface area contributed by atoms with Gasteiger partial charge < -0.3 is 4.74 Å². The molecule has 186 valence electrons. The molecule has 0 radical (unpaired) electrons. The standard InChI is InChI=1S/C30H44N2OS/c1-16-10-26-28(31-15-16)18(3)30(33-26)9-8-21-22-7-6-20-11-25-27(34-19(4)32-25)14-29(20,5)24(22)12-23(21)17(2)13-30/h16,18,20-22,24-27H,6-15H2,1-5H3/t16-,18+,20?,21-,22-,24-,25?,26+,27?,29-,30-/m0/s1. The van der Waals surface area contributed by atoms with Crippen LogP contribution in [-0.4, -0.2) is 40.3 Å². The first-order chi connectivity index (χ1) is 16.3. The molecule has 0 aromatic heterocycles. The van der Waals surface area contributed by atoms with E-state index < -0.39 is 0 Å². The van der Waals surface area contributed by atoms with Crippen molar-refractivity contribution in [1.29, 1.82) is 0 Å². The van der Waals surface area contributed by atoms with E-state index in [4.69, 9.17) is 14.7 Å². The van der Waals surface area contributed by atoms with E-state index in [0.717, 1.165) is 41.9 Å². The maximum absolute atomic E-state index is 7.01. The zero-order valence-electron chi connectivity index (χ0n) is 22.0. The van der Waals surface area contributed by atoms with Crippen molar-refractivity contribution < 1.29 is 4.74 Å². The summed E-state index contributed by atoms with van der Waals surface area (Å²) in [5.41, 5.74) is 5.49. The van der Waals surface area contributed by atoms with Gasteiger partial charge in [0.15, 0.2) is 0 Å². The second-order valence-electron chi connectivity index (χ2n) is 13.7. The molecule has 11 atom stereocenters. The van der Waals surface area contributed by atoms with Gasteiger partial charge in [-0.15, -0.1) is 11.8 Å². The third-order valence-corrected chi connectivity index (χ3v) is 13.2. The van der Waals surface area contributed by atoms with Crippen molar-refractivity contribution in [2.45, 2.75) is 115 Å². The molecule has 1 saturated heterocycles. The SMILES string of the molecule is CC1=NC2CC3CC[C@H]4[C@@H]5CC[C@@]6(CC(C)=C5C[C@@H]4[C@@]3(C)CC2S1)O[C@@H]1C[C@H](C)CN=C1[C@H]6C. The Morgan fingerprint density at radius 3 is 2.79 bits per heavy atom. The molecule has 0 amide bonds. The Bertz CT molecular complexity index is 984. The average molecular weight is 481 g/mol. The van der Waals surface area contributed by atoms with Gasteiger partial charge in [-0.05, 0) is 107 Å². The number of aliphatic imine (C=N–C) groups is 2. The van der Waals surface area contributed by atoms with Gasteiger partial charge in [-0.1, -0.05) is 31.9 Å². The van der Waals surface area contributed by atoms with Crippen molar-refractivity contribution in [2.24, 2.45) is 50.9 Å². The minimum absolute atomic E-state index is 0.0129. The topological polar surface area (TPSA) is 34.0 Å². The van der Waals surface area contributed by atoms with Crippen molar-refractivity contribution in [3.63, 3.8) is 0 Å². The molecule has 3 saturated carbocycles. The first-order valence-electron chi connectivity index (χ1n) is 14.4. The summed E-state index contributed by atoms with van der Waals surface area (Å²) >= 11 is 2.10. The van der Waals surface area contributed by atoms with Crippen LogP contribution in [0.5, 0.6) is 0 Å². The van der Waals surface area contributed by atoms with Gasteiger partial charge in [-0.3, -0.25) is 9.98 Å². The first kappa shape index (κ1) is 22.6. The minimum atomic E-state index is 0.0129. The molecule has 0 bridgehead atoms. The molecular formula is C30H44N2OS. The van der Waals surface area contributed by atoms with E-state index in [-0.39, 0.29) is 5.60 Å². The fourth-order valence-corrected chi connectivity index (χ4v) is 11.6. The minimum Gasteiger partial charge on any atom is -0.365 e. The van der Waals surface area contributed by atoms with Crippen LogP contribution in [0.3, 0.4) is 0 Å². The summed E-state index contributed by atoms with van der Waals surface area (Å²) < 4.78 is 7.01. The van der Waals surface area contributed by atoms with Gasteiger partial charge in [0.2, 0.25) is 0 Å². The smallest absolute Gasteiger partial charge is 0.0966 e. The number of rotatable bonds is 0. The second-order valence-corrected chi connectivity index (χ2v) is 15.1. The molecule has 3 aliphatic heterocycles. The maximum Gasteiger partial charge on any atom is 0.0966 e. The summed E-state index contributed by atoms with van der Waals surface area (Å²) in [6.07, 6.45) is 12.2. The third kappa shape index (κ3) is 3.12. The molecule has 0 N–H and O–H groups in total. The Hall–Kier alpha value is -0.610. The monoisotopic (exact) mass is 480 g/mol. The normalized spacial score (nSPS) is 54.0. The zero-order valence-corrected chi connectivity index (χ0v) is 22.8. The summed E-state index contributed by atoms with van der Waals surface area (Å²) in [5.74, 6) is 4.66. The molecular weight excluding hydrogens is 436 g/mol. The lowest BCUT2D eigenvalue weighted by Crippen LogP contribution is -2.50. The fourth-order valence-electron chi connectivity index (χ4n) is 10.2. The molecule has 0 aromatic carbocycles. The third-order valence-electron chi connectivity index (χ3n) is 11.9. The van der Waals surface area contributed by atoms with Crippen molar-refractivity contribution in [3.8, 4) is 0 Å². The lowest BCUT2D eigenvalue weighted by Gasteiger charge is -2.55. The molecule has 34 heavy (non-hydrogen) atoms. The number of fused-ring (bicyclic) bond motifs is 7. The second kappa shape index (κ2) is 7.70. The summed E-state index contributed by atoms with van der Waals surface area (Å²) in [6.45, 7) is 13.2. The molecule has 4 heteroatoms. The number of allylic oxidation sites excluding steroid dienone is 1. The molecule has 1 spiro atoms. The van der Waals surface area contributed by atoms with E-state index in [1.54, 1.807) is 5.57 Å². The molecule has 4 aliphatic carbocycles. The van der Waals surface area contributed by atoms with Crippen LogP contribution in [0.2, 0.25) is 0 Å². The largest absolute Gasteiger partial charge is 0.365 e. The Kier molecular flexibility index (Phi) is 5.11. The van der Waals surface area contributed by atoms with Crippen LogP contribution in [-0.2, 0) is 4.74 Å². The van der Waals surface area contributed by atoms with Gasteiger partial charge in [0.1, 0.15) is 0 Å². The van der Waals surface area contributed by atoms with Crippen molar-refractivity contribution in [2.75, 3.05) is 6.54 Å². The van der Waals surface area contributed by atoms with Crippen LogP contribution >= 0.6 is 11.8 Å². The zero-order chi connectivity index (χ0) is 23.4. The lowest BCUT2D eigenvalue weighted by molar-refractivity contribution is -0.0702. The molecule has 3 unspecified atom stereocenters. The van der Waals surface area contributed by atoms with Gasteiger partial charge in [0.05, 0.1) is 22.8 Å². The maximum atomic E-state index is 7.01. The van der Waals surface area contributed by atoms with Crippen molar-refractivity contribution in [1.82, 2.24) is 0 Å². The van der Waals surface area contributed by atoms with Gasteiger partial charge in [-0.25, -0.2) is 0 Å². The summed E-state index contributed by atoms with van der Waals surface area (Å²) in [7, 11) is 0. The summed E-state index contributed by atoms with van der Waals surface area (Å²) in [4.78, 5) is 10.1. The summed E-state index contributed by atoms with van der Waals surface area (Å²) in [6, 6.07) is 0.613. The summed E-state index contributed by atoms with van der Waals surface area (Å²) in [5, 5.41) is 2.10. The Balaban J connectivity index is 1.17. The molecule has 7 rings (SSSR count). The van der Waals surface area contributed by atoms with Crippen LogP contribution in [0.4, 0.5) is 0 Å². The van der Waals surface area contributed by atoms with Gasteiger partial charge in [-0.2, -0.15) is 0 Å². The molecule has 3 nitrogen and oxygen atoms in total. The number of thioether (sulfide) groups is 1. The number of ether oxygens (including phenoxy) is 1. The molecule has 4 fully saturated rings. The van der Waals surface area contributed by atoms with Crippen LogP contribution < -0.4 is 0 Å². The van der Waals surface area contributed by atoms with Crippen molar-refractivity contribution in [3.05, 3.63) is 11.1 Å². The lowest BCUT2D eigenvalue weighted by atomic mass is 9.52. The number of hydrogen-bond acceptors (Lipinski definition) is 4. The van der Waals surface area contributed by atoms with E-state index in [0.29, 0.717) is 29.4 Å². The highest BCUT2D eigenvalue weighted by Gasteiger charge is 2.60. The van der Waals surface area contributed by atoms with E-state index in [2.05, 4.69) is 46.4 Å². The number of hydrogen-bond donors (Lipinski definition) is 0. The van der Waals surface area contributed by atoms with E-state index in [1.807, 2.05) is 5.57 Å². The van der Waals surface area contributed by atoms with E-state index >= 15 is 0 Å². The quantitative estimate of drug-likeness (QED) is 0.346. The Morgan fingerprint density at radius 2 is 1.94 bits per heavy atom. The highest BCUT2D eigenvalue weighted by Crippen LogP contribution is 2.66. The van der Waals surface area contributed by atoms with Crippen LogP contribution in [0.1, 0.15) is 92.4 Å². The molecule has 3 heterocycles. The first-order valence-corrected chi connectivity index (χ1v) is 15.3. The van der Waals surface area contributed by atoms with Gasteiger partial charge >= 0.3 is 0 Å². The van der Waals surface area contributed by atoms with Crippen LogP contribution in [0, 0.1) is 40.9 Å². The Labute approximate surface area is 211 Å². The highest BCUT2D eigenvalue weighted by molar-refractivity contribution is 8.14. The van der Waals surface area contributed by atoms with Crippen molar-refractivity contribution >= 4 is 22.5 Å². The highest BCUT2D eigenvalue weighted by atomic mass is 32.2. The van der Waals surface area contributed by atoms with Gasteiger partial charge in [0.25, 0.3) is 0 Å². The predicted octanol–water partition coefficient (Wildman–Crippen LogP) is 7.11. The number of nitrogens with zero attached hydrogens (tertiary/aromatic N) is 2. The van der Waals surface area contributed by atoms with Gasteiger partial charge in [0, 0.05) is 23.4 Å². The van der Waals surface area contributed by atoms with Crippen LogP contribution in [0.15, 0.2) is 21.1 Å². The average Bonchev–Trinajstić information content (AvgIpc) is 3.39. The predicted molar refractivity (Wildman–Crippen MR) is 143 cm³/mol. The van der Waals surface area contributed by atoms with E-state index in [9.17, 15) is 0 Å². The van der Waals surface area contributed by atoms with Crippen LogP contribution in [0.25, 0.3) is 0 Å². The van der Waals surface area contributed by atoms with E-state index in [1.165, 1.54) is 62.1 Å².